The van der Waals surface area contributed by atoms with E-state index in [0.29, 0.717) is 0 Å². The Labute approximate surface area is 74.9 Å². The van der Waals surface area contributed by atoms with E-state index in [4.69, 9.17) is 5.11 Å². The minimum Gasteiger partial charge on any atom is -0.394 e. The summed E-state index contributed by atoms with van der Waals surface area (Å²) in [6, 6.07) is 0. The molecule has 1 amide bonds. The highest BCUT2D eigenvalue weighted by molar-refractivity contribution is 5.92. The Hall–Kier alpha value is -1.43. The summed E-state index contributed by atoms with van der Waals surface area (Å²) < 4.78 is 4.26. The van der Waals surface area contributed by atoms with Gasteiger partial charge in [0, 0.05) is 0 Å². The van der Waals surface area contributed by atoms with E-state index in [2.05, 4.69) is 20.3 Å². The Morgan fingerprint density at radius 3 is 2.92 bits per heavy atom. The molecule has 6 nitrogen and oxygen atoms in total. The molecule has 1 aromatic rings. The summed E-state index contributed by atoms with van der Waals surface area (Å²) in [7, 11) is 0. The standard InChI is InChI=1S/C7H11N3O3/c1-7(2,4-11)9-6(12)5-3-8-13-10-5/h3,11H,4H2,1-2H3,(H,9,12). The first-order valence-corrected chi connectivity index (χ1v) is 3.76. The van der Waals surface area contributed by atoms with Gasteiger partial charge in [0.05, 0.1) is 12.1 Å². The highest BCUT2D eigenvalue weighted by atomic mass is 16.6. The van der Waals surface area contributed by atoms with Gasteiger partial charge >= 0.3 is 0 Å². The number of hydrogen-bond acceptors (Lipinski definition) is 5. The minimum atomic E-state index is -0.671. The molecule has 1 aromatic heterocycles. The van der Waals surface area contributed by atoms with Gasteiger partial charge in [-0.1, -0.05) is 5.16 Å². The quantitative estimate of drug-likeness (QED) is 0.667. The maximum absolute atomic E-state index is 11.3. The molecule has 0 aromatic carbocycles. The molecule has 0 saturated carbocycles. The topological polar surface area (TPSA) is 88.2 Å². The molecule has 72 valence electrons. The van der Waals surface area contributed by atoms with E-state index in [1.165, 1.54) is 6.20 Å². The van der Waals surface area contributed by atoms with Crippen molar-refractivity contribution in [3.63, 3.8) is 0 Å². The van der Waals surface area contributed by atoms with Crippen molar-refractivity contribution in [2.24, 2.45) is 0 Å². The lowest BCUT2D eigenvalue weighted by Crippen LogP contribution is -2.46. The van der Waals surface area contributed by atoms with Crippen LogP contribution < -0.4 is 5.32 Å². The summed E-state index contributed by atoms with van der Waals surface area (Å²) in [5, 5.41) is 18.1. The Morgan fingerprint density at radius 2 is 2.46 bits per heavy atom. The van der Waals surface area contributed by atoms with E-state index in [1.807, 2.05) is 0 Å². The second-order valence-electron chi connectivity index (χ2n) is 3.29. The Kier molecular flexibility index (Phi) is 2.62. The molecule has 0 bridgehead atoms. The fourth-order valence-electron chi connectivity index (χ4n) is 0.676. The lowest BCUT2D eigenvalue weighted by Gasteiger charge is -2.22. The molecule has 0 spiro atoms. The number of aliphatic hydroxyl groups excluding tert-OH is 1. The zero-order chi connectivity index (χ0) is 9.90. The van der Waals surface area contributed by atoms with Gasteiger partial charge < -0.3 is 10.4 Å². The fraction of sp³-hybridized carbons (Fsp3) is 0.571. The van der Waals surface area contributed by atoms with Crippen molar-refractivity contribution in [3.05, 3.63) is 11.9 Å². The van der Waals surface area contributed by atoms with Crippen LogP contribution in [0.2, 0.25) is 0 Å². The van der Waals surface area contributed by atoms with E-state index in [1.54, 1.807) is 13.8 Å². The Morgan fingerprint density at radius 1 is 1.77 bits per heavy atom. The van der Waals surface area contributed by atoms with Crippen molar-refractivity contribution in [3.8, 4) is 0 Å². The molecule has 0 fully saturated rings. The van der Waals surface area contributed by atoms with Gasteiger partial charge in [-0.2, -0.15) is 0 Å². The molecule has 0 atom stereocenters. The van der Waals surface area contributed by atoms with Crippen molar-refractivity contribution in [1.82, 2.24) is 15.6 Å². The molecule has 0 aliphatic heterocycles. The molecule has 13 heavy (non-hydrogen) atoms. The van der Waals surface area contributed by atoms with Crippen molar-refractivity contribution >= 4 is 5.91 Å². The number of hydrogen-bond donors (Lipinski definition) is 2. The lowest BCUT2D eigenvalue weighted by molar-refractivity contribution is 0.0859. The summed E-state index contributed by atoms with van der Waals surface area (Å²) in [5.74, 6) is -0.416. The van der Waals surface area contributed by atoms with E-state index >= 15 is 0 Å². The van der Waals surface area contributed by atoms with Gasteiger partial charge in [-0.3, -0.25) is 4.79 Å². The molecule has 0 aliphatic rings. The van der Waals surface area contributed by atoms with Crippen LogP contribution in [-0.4, -0.2) is 33.5 Å². The van der Waals surface area contributed by atoms with Gasteiger partial charge in [0.1, 0.15) is 6.20 Å². The van der Waals surface area contributed by atoms with E-state index < -0.39 is 11.4 Å². The number of aromatic nitrogens is 2. The van der Waals surface area contributed by atoms with Gasteiger partial charge in [-0.05, 0) is 19.0 Å². The first-order chi connectivity index (χ1) is 6.05. The normalized spacial score (nSPS) is 11.3. The van der Waals surface area contributed by atoms with Crippen molar-refractivity contribution in [2.45, 2.75) is 19.4 Å². The van der Waals surface area contributed by atoms with Crippen molar-refractivity contribution < 1.29 is 14.5 Å². The number of rotatable bonds is 3. The third-order valence-corrected chi connectivity index (χ3v) is 1.44. The molecule has 6 heteroatoms. The number of aliphatic hydroxyl groups is 1. The first-order valence-electron chi connectivity index (χ1n) is 3.76. The minimum absolute atomic E-state index is 0.0986. The zero-order valence-corrected chi connectivity index (χ0v) is 7.44. The van der Waals surface area contributed by atoms with Crippen LogP contribution in [0, 0.1) is 0 Å². The third-order valence-electron chi connectivity index (χ3n) is 1.44. The number of nitrogens with zero attached hydrogens (tertiary/aromatic N) is 2. The first kappa shape index (κ1) is 9.66. The molecule has 2 N–H and O–H groups in total. The number of carbonyl (C=O) groups excluding carboxylic acids is 1. The van der Waals surface area contributed by atoms with Crippen LogP contribution >= 0.6 is 0 Å². The Balaban J connectivity index is 2.61. The van der Waals surface area contributed by atoms with Crippen LogP contribution in [0.1, 0.15) is 24.3 Å². The second kappa shape index (κ2) is 3.53. The molecule has 1 heterocycles. The summed E-state index contributed by atoms with van der Waals surface area (Å²) in [6.07, 6.45) is 1.21. The van der Waals surface area contributed by atoms with E-state index in [-0.39, 0.29) is 12.3 Å². The monoisotopic (exact) mass is 185 g/mol. The fourth-order valence-corrected chi connectivity index (χ4v) is 0.676. The molecule has 0 unspecified atom stereocenters. The SMILES string of the molecule is CC(C)(CO)NC(=O)c1cnon1. The van der Waals surface area contributed by atoms with E-state index in [9.17, 15) is 4.79 Å². The average molecular weight is 185 g/mol. The predicted octanol–water partition coefficient (Wildman–Crippen LogP) is -0.430. The van der Waals surface area contributed by atoms with Gasteiger partial charge in [-0.15, -0.1) is 0 Å². The largest absolute Gasteiger partial charge is 0.394 e. The molecular weight excluding hydrogens is 174 g/mol. The highest BCUT2D eigenvalue weighted by Gasteiger charge is 2.21. The maximum atomic E-state index is 11.3. The van der Waals surface area contributed by atoms with Crippen molar-refractivity contribution in [2.75, 3.05) is 6.61 Å². The molecular formula is C7H11N3O3. The highest BCUT2D eigenvalue weighted by Crippen LogP contribution is 2.01. The third kappa shape index (κ3) is 2.51. The molecule has 0 saturated heterocycles. The number of nitrogens with one attached hydrogen (secondary N) is 1. The average Bonchev–Trinajstić information content (AvgIpc) is 2.55. The number of carbonyl (C=O) groups is 1. The lowest BCUT2D eigenvalue weighted by atomic mass is 10.1. The van der Waals surface area contributed by atoms with Crippen LogP contribution in [0.3, 0.4) is 0 Å². The molecule has 0 aliphatic carbocycles. The van der Waals surface area contributed by atoms with Crippen LogP contribution in [0.4, 0.5) is 0 Å². The maximum Gasteiger partial charge on any atom is 0.275 e. The Bertz CT molecular complexity index is 281. The smallest absolute Gasteiger partial charge is 0.275 e. The summed E-state index contributed by atoms with van der Waals surface area (Å²) >= 11 is 0. The zero-order valence-electron chi connectivity index (χ0n) is 7.44. The van der Waals surface area contributed by atoms with E-state index in [0.717, 1.165) is 0 Å². The number of amides is 1. The molecule has 1 rings (SSSR count). The van der Waals surface area contributed by atoms with Gasteiger partial charge in [0.2, 0.25) is 0 Å². The van der Waals surface area contributed by atoms with Crippen LogP contribution in [0.5, 0.6) is 0 Å². The summed E-state index contributed by atoms with van der Waals surface area (Å²) in [6.45, 7) is 3.24. The predicted molar refractivity (Wildman–Crippen MR) is 42.9 cm³/mol. The van der Waals surface area contributed by atoms with Gasteiger partial charge in [0.15, 0.2) is 5.69 Å². The summed E-state index contributed by atoms with van der Waals surface area (Å²) in [5.41, 5.74) is -0.572. The van der Waals surface area contributed by atoms with Crippen LogP contribution in [-0.2, 0) is 0 Å². The molecule has 0 radical (unpaired) electrons. The van der Waals surface area contributed by atoms with Gasteiger partial charge in [-0.25, -0.2) is 4.63 Å². The van der Waals surface area contributed by atoms with Crippen LogP contribution in [0.15, 0.2) is 10.8 Å². The van der Waals surface area contributed by atoms with Crippen molar-refractivity contribution in [1.29, 1.82) is 0 Å². The summed E-state index contributed by atoms with van der Waals surface area (Å²) in [4.78, 5) is 11.3. The second-order valence-corrected chi connectivity index (χ2v) is 3.29. The van der Waals surface area contributed by atoms with Gasteiger partial charge in [0.25, 0.3) is 5.91 Å². The van der Waals surface area contributed by atoms with Crippen LogP contribution in [0.25, 0.3) is 0 Å².